The Morgan fingerprint density at radius 2 is 2.21 bits per heavy atom. The van der Waals surface area contributed by atoms with Gasteiger partial charge in [0.05, 0.1) is 0 Å². The molecule has 1 aromatic rings. The molecule has 0 aliphatic rings. The molecule has 0 heterocycles. The molecule has 0 amide bonds. The third-order valence-electron chi connectivity index (χ3n) is 1.72. The zero-order chi connectivity index (χ0) is 10.4. The minimum atomic E-state index is 0.582. The van der Waals surface area contributed by atoms with Crippen molar-refractivity contribution in [1.29, 1.82) is 0 Å². The fourth-order valence-corrected chi connectivity index (χ4v) is 2.46. The van der Waals surface area contributed by atoms with Gasteiger partial charge in [-0.3, -0.25) is 0 Å². The quantitative estimate of drug-likeness (QED) is 0.651. The van der Waals surface area contributed by atoms with Crippen molar-refractivity contribution in [2.45, 2.75) is 24.8 Å². The third-order valence-corrected chi connectivity index (χ3v) is 3.21. The zero-order valence-corrected chi connectivity index (χ0v) is 11.0. The molecule has 0 unspecified atom stereocenters. The Balaban J connectivity index is 2.25. The lowest BCUT2D eigenvalue weighted by molar-refractivity contribution is 0.616. The van der Waals surface area contributed by atoms with E-state index in [2.05, 4.69) is 59.4 Å². The summed E-state index contributed by atoms with van der Waals surface area (Å²) >= 11 is 5.35. The second-order valence-electron chi connectivity index (χ2n) is 3.41. The number of thioether (sulfide) groups is 1. The maximum Gasteiger partial charge on any atom is 0.0186 e. The highest BCUT2D eigenvalue weighted by molar-refractivity contribution is 9.10. The zero-order valence-electron chi connectivity index (χ0n) is 8.59. The van der Waals surface area contributed by atoms with Gasteiger partial charge in [0.1, 0.15) is 0 Å². The molecule has 78 valence electrons. The predicted octanol–water partition coefficient (Wildman–Crippen LogP) is 3.54. The first-order valence-electron chi connectivity index (χ1n) is 4.80. The van der Waals surface area contributed by atoms with E-state index >= 15 is 0 Å². The van der Waals surface area contributed by atoms with Crippen molar-refractivity contribution in [3.05, 3.63) is 28.7 Å². The molecule has 1 nitrogen and oxygen atoms in total. The Kier molecular flexibility index (Phi) is 5.60. The normalized spacial score (nSPS) is 10.9. The van der Waals surface area contributed by atoms with Crippen molar-refractivity contribution in [2.75, 3.05) is 12.3 Å². The van der Waals surface area contributed by atoms with Crippen LogP contribution in [0.15, 0.2) is 33.6 Å². The second-order valence-corrected chi connectivity index (χ2v) is 5.50. The number of hydrogen-bond acceptors (Lipinski definition) is 2. The van der Waals surface area contributed by atoms with Crippen molar-refractivity contribution in [2.24, 2.45) is 0 Å². The lowest BCUT2D eigenvalue weighted by atomic mass is 10.4. The third kappa shape index (κ3) is 5.03. The smallest absolute Gasteiger partial charge is 0.0186 e. The molecule has 0 spiro atoms. The first-order valence-corrected chi connectivity index (χ1v) is 6.58. The average Bonchev–Trinajstić information content (AvgIpc) is 2.12. The second kappa shape index (κ2) is 6.49. The summed E-state index contributed by atoms with van der Waals surface area (Å²) in [7, 11) is 0. The van der Waals surface area contributed by atoms with Crippen molar-refractivity contribution in [3.63, 3.8) is 0 Å². The van der Waals surface area contributed by atoms with Crippen LogP contribution in [0.2, 0.25) is 0 Å². The van der Waals surface area contributed by atoms with Crippen LogP contribution in [0.1, 0.15) is 13.8 Å². The highest BCUT2D eigenvalue weighted by Gasteiger charge is 1.95. The molecule has 0 saturated heterocycles. The van der Waals surface area contributed by atoms with Crippen LogP contribution in [0.5, 0.6) is 0 Å². The summed E-state index contributed by atoms with van der Waals surface area (Å²) in [4.78, 5) is 1.32. The van der Waals surface area contributed by atoms with Crippen LogP contribution in [-0.4, -0.2) is 18.3 Å². The highest BCUT2D eigenvalue weighted by Crippen LogP contribution is 2.21. The van der Waals surface area contributed by atoms with E-state index in [1.165, 1.54) is 4.90 Å². The number of rotatable bonds is 5. The Labute approximate surface area is 98.8 Å². The molecular weight excluding hydrogens is 258 g/mol. The summed E-state index contributed by atoms with van der Waals surface area (Å²) in [5.41, 5.74) is 0. The van der Waals surface area contributed by atoms with E-state index < -0.39 is 0 Å². The van der Waals surface area contributed by atoms with Gasteiger partial charge >= 0.3 is 0 Å². The van der Waals surface area contributed by atoms with Crippen molar-refractivity contribution >= 4 is 27.7 Å². The van der Waals surface area contributed by atoms with Crippen LogP contribution < -0.4 is 5.32 Å². The minimum Gasteiger partial charge on any atom is -0.314 e. The fraction of sp³-hybridized carbons (Fsp3) is 0.455. The van der Waals surface area contributed by atoms with Gasteiger partial charge in [-0.1, -0.05) is 35.8 Å². The minimum absolute atomic E-state index is 0.582. The van der Waals surface area contributed by atoms with Crippen LogP contribution in [0, 0.1) is 0 Å². The molecular formula is C11H16BrNS. The summed E-state index contributed by atoms with van der Waals surface area (Å²) in [6, 6.07) is 9.00. The monoisotopic (exact) mass is 273 g/mol. The van der Waals surface area contributed by atoms with E-state index in [9.17, 15) is 0 Å². The van der Waals surface area contributed by atoms with Crippen LogP contribution in [0.3, 0.4) is 0 Å². The summed E-state index contributed by atoms with van der Waals surface area (Å²) in [5.74, 6) is 1.12. The van der Waals surface area contributed by atoms with Gasteiger partial charge in [0.2, 0.25) is 0 Å². The Morgan fingerprint density at radius 1 is 1.43 bits per heavy atom. The van der Waals surface area contributed by atoms with Gasteiger partial charge in [0.15, 0.2) is 0 Å². The number of nitrogens with one attached hydrogen (secondary N) is 1. The number of halogens is 1. The van der Waals surface area contributed by atoms with Crippen LogP contribution in [0.25, 0.3) is 0 Å². The summed E-state index contributed by atoms with van der Waals surface area (Å²) in [5, 5.41) is 3.40. The van der Waals surface area contributed by atoms with E-state index in [4.69, 9.17) is 0 Å². The standard InChI is InChI=1S/C11H16BrNS/c1-9(2)13-6-7-14-11-5-3-4-10(12)8-11/h3-5,8-9,13H,6-7H2,1-2H3. The van der Waals surface area contributed by atoms with Gasteiger partial charge in [0, 0.05) is 27.7 Å². The SMILES string of the molecule is CC(C)NCCSc1cccc(Br)c1. The molecule has 1 N–H and O–H groups in total. The van der Waals surface area contributed by atoms with Gasteiger partial charge in [-0.05, 0) is 18.2 Å². The maximum atomic E-state index is 3.47. The lowest BCUT2D eigenvalue weighted by Crippen LogP contribution is -2.24. The van der Waals surface area contributed by atoms with E-state index in [1.54, 1.807) is 0 Å². The molecule has 0 bridgehead atoms. The molecule has 0 fully saturated rings. The van der Waals surface area contributed by atoms with Gasteiger partial charge in [-0.15, -0.1) is 11.8 Å². The van der Waals surface area contributed by atoms with Crippen LogP contribution >= 0.6 is 27.7 Å². The van der Waals surface area contributed by atoms with Crippen molar-refractivity contribution in [1.82, 2.24) is 5.32 Å². The van der Waals surface area contributed by atoms with E-state index in [-0.39, 0.29) is 0 Å². The molecule has 14 heavy (non-hydrogen) atoms. The Morgan fingerprint density at radius 3 is 2.86 bits per heavy atom. The van der Waals surface area contributed by atoms with Gasteiger partial charge in [0.25, 0.3) is 0 Å². The first-order chi connectivity index (χ1) is 6.68. The predicted molar refractivity (Wildman–Crippen MR) is 68.0 cm³/mol. The van der Waals surface area contributed by atoms with Crippen LogP contribution in [0.4, 0.5) is 0 Å². The molecule has 1 rings (SSSR count). The van der Waals surface area contributed by atoms with Gasteiger partial charge in [-0.25, -0.2) is 0 Å². The Bertz CT molecular complexity index is 276. The maximum absolute atomic E-state index is 3.47. The molecule has 3 heteroatoms. The molecule has 0 aromatic heterocycles. The van der Waals surface area contributed by atoms with Crippen molar-refractivity contribution < 1.29 is 0 Å². The highest BCUT2D eigenvalue weighted by atomic mass is 79.9. The van der Waals surface area contributed by atoms with E-state index in [1.807, 2.05) is 11.8 Å². The van der Waals surface area contributed by atoms with Gasteiger partial charge < -0.3 is 5.32 Å². The summed E-state index contributed by atoms with van der Waals surface area (Å²) in [6.07, 6.45) is 0. The molecule has 0 radical (unpaired) electrons. The van der Waals surface area contributed by atoms with E-state index in [0.29, 0.717) is 6.04 Å². The Hall–Kier alpha value is 0.01000. The van der Waals surface area contributed by atoms with Crippen molar-refractivity contribution in [3.8, 4) is 0 Å². The first kappa shape index (κ1) is 12.1. The lowest BCUT2D eigenvalue weighted by Gasteiger charge is -2.07. The number of benzene rings is 1. The summed E-state index contributed by atoms with van der Waals surface area (Å²) < 4.78 is 1.15. The molecule has 0 aliphatic heterocycles. The molecule has 1 aromatic carbocycles. The fourth-order valence-electron chi connectivity index (χ4n) is 1.07. The van der Waals surface area contributed by atoms with Crippen LogP contribution in [-0.2, 0) is 0 Å². The number of hydrogen-bond donors (Lipinski definition) is 1. The molecule has 0 atom stereocenters. The molecule has 0 aliphatic carbocycles. The van der Waals surface area contributed by atoms with E-state index in [0.717, 1.165) is 16.8 Å². The molecule has 0 saturated carbocycles. The average molecular weight is 274 g/mol. The summed E-state index contributed by atoms with van der Waals surface area (Å²) in [6.45, 7) is 5.41. The van der Waals surface area contributed by atoms with Gasteiger partial charge in [-0.2, -0.15) is 0 Å². The largest absolute Gasteiger partial charge is 0.314 e. The topological polar surface area (TPSA) is 12.0 Å².